The number of ether oxygens (including phenoxy) is 1. The van der Waals surface area contributed by atoms with Crippen LogP contribution in [0.25, 0.3) is 11.0 Å². The number of hydrogen-bond acceptors (Lipinski definition) is 2. The highest BCUT2D eigenvalue weighted by molar-refractivity contribution is 6.31. The summed E-state index contributed by atoms with van der Waals surface area (Å²) in [5.74, 6) is 1.87. The van der Waals surface area contributed by atoms with Gasteiger partial charge in [0.2, 0.25) is 0 Å². The van der Waals surface area contributed by atoms with E-state index in [0.29, 0.717) is 6.42 Å². The molecule has 0 saturated carbocycles. The molecular formula is C22H19ClN2O. The van der Waals surface area contributed by atoms with Gasteiger partial charge in [0.05, 0.1) is 18.1 Å². The minimum absolute atomic E-state index is 0.699. The van der Waals surface area contributed by atoms with Crippen LogP contribution in [0.4, 0.5) is 0 Å². The van der Waals surface area contributed by atoms with E-state index >= 15 is 0 Å². The summed E-state index contributed by atoms with van der Waals surface area (Å²) in [6, 6.07) is 24.3. The number of fused-ring (bicyclic) bond motifs is 1. The van der Waals surface area contributed by atoms with Gasteiger partial charge in [-0.1, -0.05) is 54.1 Å². The van der Waals surface area contributed by atoms with Gasteiger partial charge >= 0.3 is 0 Å². The molecule has 0 fully saturated rings. The molecule has 0 atom stereocenters. The molecule has 0 aliphatic rings. The van der Waals surface area contributed by atoms with E-state index < -0.39 is 0 Å². The Morgan fingerprint density at radius 2 is 1.65 bits per heavy atom. The third-order valence-corrected chi connectivity index (χ3v) is 4.91. The van der Waals surface area contributed by atoms with Crippen molar-refractivity contribution in [2.75, 3.05) is 7.11 Å². The maximum absolute atomic E-state index is 6.37. The Morgan fingerprint density at radius 3 is 2.42 bits per heavy atom. The molecule has 3 nitrogen and oxygen atoms in total. The predicted molar refractivity (Wildman–Crippen MR) is 106 cm³/mol. The van der Waals surface area contributed by atoms with Crippen molar-refractivity contribution in [3.63, 3.8) is 0 Å². The van der Waals surface area contributed by atoms with E-state index in [2.05, 4.69) is 34.9 Å². The minimum Gasteiger partial charge on any atom is -0.497 e. The lowest BCUT2D eigenvalue weighted by Gasteiger charge is -2.11. The van der Waals surface area contributed by atoms with Gasteiger partial charge in [-0.05, 0) is 41.5 Å². The van der Waals surface area contributed by atoms with Crippen molar-refractivity contribution < 1.29 is 4.74 Å². The molecule has 4 rings (SSSR count). The number of imidazole rings is 1. The van der Waals surface area contributed by atoms with Gasteiger partial charge in [-0.25, -0.2) is 4.98 Å². The lowest BCUT2D eigenvalue weighted by atomic mass is 10.1. The van der Waals surface area contributed by atoms with Crippen LogP contribution in [-0.2, 0) is 13.0 Å². The Hall–Kier alpha value is -2.78. The van der Waals surface area contributed by atoms with Crippen LogP contribution in [0.2, 0.25) is 5.02 Å². The van der Waals surface area contributed by atoms with Gasteiger partial charge in [-0.3, -0.25) is 0 Å². The molecule has 0 spiro atoms. The number of benzene rings is 3. The molecule has 0 radical (unpaired) electrons. The zero-order valence-electron chi connectivity index (χ0n) is 14.5. The quantitative estimate of drug-likeness (QED) is 0.479. The fourth-order valence-electron chi connectivity index (χ4n) is 3.16. The molecule has 0 amide bonds. The van der Waals surface area contributed by atoms with E-state index in [9.17, 15) is 0 Å². The fraction of sp³-hybridized carbons (Fsp3) is 0.136. The maximum atomic E-state index is 6.37. The third-order valence-electron chi connectivity index (χ3n) is 4.54. The van der Waals surface area contributed by atoms with Gasteiger partial charge in [0.25, 0.3) is 0 Å². The summed E-state index contributed by atoms with van der Waals surface area (Å²) in [6.45, 7) is 0.754. The maximum Gasteiger partial charge on any atom is 0.118 e. The molecule has 4 aromatic rings. The molecule has 0 aliphatic carbocycles. The lowest BCUT2D eigenvalue weighted by Crippen LogP contribution is -2.06. The topological polar surface area (TPSA) is 27.1 Å². The number of methoxy groups -OCH3 is 1. The standard InChI is InChI=1S/C22H19ClN2O/c1-26-18-12-10-16(11-13-18)15-25-21-9-5-4-8-20(21)24-22(25)14-17-6-2-3-7-19(17)23/h2-13H,14-15H2,1H3. The SMILES string of the molecule is COc1ccc(Cn2c(Cc3ccccc3Cl)nc3ccccc32)cc1. The van der Waals surface area contributed by atoms with Crippen molar-refractivity contribution in [1.82, 2.24) is 9.55 Å². The van der Waals surface area contributed by atoms with Crippen molar-refractivity contribution in [3.05, 3.63) is 94.8 Å². The fourth-order valence-corrected chi connectivity index (χ4v) is 3.36. The van der Waals surface area contributed by atoms with Gasteiger partial charge in [0.15, 0.2) is 0 Å². The molecule has 4 heteroatoms. The monoisotopic (exact) mass is 362 g/mol. The summed E-state index contributed by atoms with van der Waals surface area (Å²) >= 11 is 6.37. The van der Waals surface area contributed by atoms with Crippen molar-refractivity contribution in [2.45, 2.75) is 13.0 Å². The highest BCUT2D eigenvalue weighted by atomic mass is 35.5. The smallest absolute Gasteiger partial charge is 0.118 e. The molecule has 0 saturated heterocycles. The Morgan fingerprint density at radius 1 is 0.923 bits per heavy atom. The number of nitrogens with zero attached hydrogens (tertiary/aromatic N) is 2. The molecule has 1 aromatic heterocycles. The largest absolute Gasteiger partial charge is 0.497 e. The van der Waals surface area contributed by atoms with Crippen LogP contribution in [0, 0.1) is 0 Å². The highest BCUT2D eigenvalue weighted by Crippen LogP contribution is 2.24. The Kier molecular flexibility index (Phi) is 4.63. The van der Waals surface area contributed by atoms with E-state index in [-0.39, 0.29) is 0 Å². The Bertz CT molecular complexity index is 1040. The summed E-state index contributed by atoms with van der Waals surface area (Å²) in [5, 5.41) is 0.774. The first kappa shape index (κ1) is 16.7. The second kappa shape index (κ2) is 7.22. The van der Waals surface area contributed by atoms with Gasteiger partial charge in [-0.2, -0.15) is 0 Å². The van der Waals surface area contributed by atoms with Crippen molar-refractivity contribution >= 4 is 22.6 Å². The summed E-state index contributed by atoms with van der Waals surface area (Å²) < 4.78 is 7.52. The molecule has 1 heterocycles. The van der Waals surface area contributed by atoms with Gasteiger partial charge in [-0.15, -0.1) is 0 Å². The molecule has 0 aliphatic heterocycles. The normalized spacial score (nSPS) is 11.0. The van der Waals surface area contributed by atoms with Crippen LogP contribution in [-0.4, -0.2) is 16.7 Å². The minimum atomic E-state index is 0.699. The van der Waals surface area contributed by atoms with E-state index in [1.54, 1.807) is 7.11 Å². The first-order valence-electron chi connectivity index (χ1n) is 8.55. The molecule has 130 valence electrons. The second-order valence-corrected chi connectivity index (χ2v) is 6.63. The summed E-state index contributed by atoms with van der Waals surface area (Å²) in [5.41, 5.74) is 4.42. The van der Waals surface area contributed by atoms with Crippen molar-refractivity contribution in [3.8, 4) is 5.75 Å². The van der Waals surface area contributed by atoms with E-state index in [0.717, 1.165) is 39.7 Å². The summed E-state index contributed by atoms with van der Waals surface area (Å²) in [4.78, 5) is 4.86. The first-order valence-corrected chi connectivity index (χ1v) is 8.93. The molecule has 0 unspecified atom stereocenters. The summed E-state index contributed by atoms with van der Waals surface area (Å²) in [6.07, 6.45) is 0.699. The van der Waals surface area contributed by atoms with Crippen LogP contribution < -0.4 is 4.74 Å². The van der Waals surface area contributed by atoms with Gasteiger partial charge in [0, 0.05) is 18.0 Å². The second-order valence-electron chi connectivity index (χ2n) is 6.22. The van der Waals surface area contributed by atoms with Crippen LogP contribution in [0.3, 0.4) is 0 Å². The highest BCUT2D eigenvalue weighted by Gasteiger charge is 2.13. The molecule has 26 heavy (non-hydrogen) atoms. The molecular weight excluding hydrogens is 344 g/mol. The predicted octanol–water partition coefficient (Wildman–Crippen LogP) is 5.34. The van der Waals surface area contributed by atoms with Crippen LogP contribution >= 0.6 is 11.6 Å². The number of hydrogen-bond donors (Lipinski definition) is 0. The van der Waals surface area contributed by atoms with E-state index in [4.69, 9.17) is 21.3 Å². The number of para-hydroxylation sites is 2. The first-order chi connectivity index (χ1) is 12.7. The molecule has 0 bridgehead atoms. The van der Waals surface area contributed by atoms with Crippen molar-refractivity contribution in [1.29, 1.82) is 0 Å². The van der Waals surface area contributed by atoms with Crippen LogP contribution in [0.15, 0.2) is 72.8 Å². The third kappa shape index (κ3) is 3.31. The summed E-state index contributed by atoms with van der Waals surface area (Å²) in [7, 11) is 1.68. The van der Waals surface area contributed by atoms with Gasteiger partial charge < -0.3 is 9.30 Å². The Balaban J connectivity index is 1.75. The number of aromatic nitrogens is 2. The number of halogens is 1. The van der Waals surface area contributed by atoms with E-state index in [1.165, 1.54) is 5.56 Å². The molecule has 3 aromatic carbocycles. The zero-order valence-corrected chi connectivity index (χ0v) is 15.3. The van der Waals surface area contributed by atoms with E-state index in [1.807, 2.05) is 42.5 Å². The van der Waals surface area contributed by atoms with Gasteiger partial charge in [0.1, 0.15) is 11.6 Å². The van der Waals surface area contributed by atoms with Crippen molar-refractivity contribution in [2.24, 2.45) is 0 Å². The zero-order chi connectivity index (χ0) is 17.9. The number of rotatable bonds is 5. The lowest BCUT2D eigenvalue weighted by molar-refractivity contribution is 0.414. The van der Waals surface area contributed by atoms with Crippen LogP contribution in [0.5, 0.6) is 5.75 Å². The van der Waals surface area contributed by atoms with Crippen LogP contribution in [0.1, 0.15) is 17.0 Å². The molecule has 0 N–H and O–H groups in total. The Labute approximate surface area is 157 Å². The average molecular weight is 363 g/mol. The average Bonchev–Trinajstić information content (AvgIpc) is 3.01.